The Morgan fingerprint density at radius 1 is 1.37 bits per heavy atom. The van der Waals surface area contributed by atoms with Gasteiger partial charge in [0.2, 0.25) is 5.95 Å². The first-order valence-electron chi connectivity index (χ1n) is 6.11. The molecule has 5 nitrogen and oxygen atoms in total. The molecule has 0 aliphatic carbocycles. The molecule has 1 aliphatic heterocycles. The molecule has 0 unspecified atom stereocenters. The summed E-state index contributed by atoms with van der Waals surface area (Å²) < 4.78 is 7.45. The molecular weight excluding hydrogens is 287 g/mol. The molecule has 1 saturated heterocycles. The van der Waals surface area contributed by atoms with Gasteiger partial charge in [0.25, 0.3) is 0 Å². The summed E-state index contributed by atoms with van der Waals surface area (Å²) in [5.74, 6) is 0.872. The van der Waals surface area contributed by atoms with Gasteiger partial charge in [-0.15, -0.1) is 0 Å². The quantitative estimate of drug-likeness (QED) is 0.759. The first-order valence-corrected chi connectivity index (χ1v) is 6.86. The molecule has 3 heterocycles. The Balaban J connectivity index is 2.14. The van der Waals surface area contributed by atoms with Gasteiger partial charge in [-0.05, 0) is 6.92 Å². The zero-order valence-electron chi connectivity index (χ0n) is 10.7. The van der Waals surface area contributed by atoms with Gasteiger partial charge in [-0.25, -0.2) is 9.97 Å². The van der Waals surface area contributed by atoms with Crippen molar-refractivity contribution < 1.29 is 4.74 Å². The average molecular weight is 301 g/mol. The molecule has 3 rings (SSSR count). The van der Waals surface area contributed by atoms with E-state index in [4.69, 9.17) is 27.9 Å². The molecular formula is C12H14Cl2N4O. The van der Waals surface area contributed by atoms with Gasteiger partial charge in [-0.3, -0.25) is 0 Å². The van der Waals surface area contributed by atoms with Crippen molar-refractivity contribution in [1.29, 1.82) is 0 Å². The number of hydrogen-bond donors (Lipinski definition) is 0. The maximum Gasteiger partial charge on any atom is 0.206 e. The molecule has 1 fully saturated rings. The summed E-state index contributed by atoms with van der Waals surface area (Å²) in [7, 11) is 1.96. The van der Waals surface area contributed by atoms with Crippen molar-refractivity contribution in [3.05, 3.63) is 16.4 Å². The van der Waals surface area contributed by atoms with Crippen LogP contribution in [0.15, 0.2) is 6.07 Å². The van der Waals surface area contributed by atoms with Gasteiger partial charge in [-0.2, -0.15) is 0 Å². The van der Waals surface area contributed by atoms with Crippen LogP contribution in [0.3, 0.4) is 0 Å². The molecule has 2 aromatic rings. The summed E-state index contributed by atoms with van der Waals surface area (Å²) in [4.78, 5) is 10.9. The van der Waals surface area contributed by atoms with Crippen molar-refractivity contribution in [2.24, 2.45) is 7.05 Å². The van der Waals surface area contributed by atoms with Gasteiger partial charge in [-0.1, -0.05) is 23.2 Å². The van der Waals surface area contributed by atoms with Gasteiger partial charge in [0.05, 0.1) is 24.8 Å². The lowest BCUT2D eigenvalue weighted by molar-refractivity contribution is 0.0978. The Morgan fingerprint density at radius 3 is 2.89 bits per heavy atom. The second-order valence-corrected chi connectivity index (χ2v) is 5.44. The van der Waals surface area contributed by atoms with Crippen LogP contribution in [0.5, 0.6) is 0 Å². The van der Waals surface area contributed by atoms with E-state index in [1.807, 2.05) is 11.6 Å². The van der Waals surface area contributed by atoms with E-state index in [2.05, 4.69) is 21.8 Å². The van der Waals surface area contributed by atoms with Crippen LogP contribution in [-0.2, 0) is 11.8 Å². The Labute approximate surface area is 121 Å². The highest BCUT2D eigenvalue weighted by Crippen LogP contribution is 2.29. The number of rotatable bonds is 1. The third-order valence-corrected chi connectivity index (χ3v) is 3.85. The molecule has 0 N–H and O–H groups in total. The molecule has 19 heavy (non-hydrogen) atoms. The summed E-state index contributed by atoms with van der Waals surface area (Å²) in [5, 5.41) is 0.715. The SMILES string of the molecule is C[C@H]1COCCN1c1nc2c(Cl)nc(Cl)cc2n1C. The fourth-order valence-corrected chi connectivity index (χ4v) is 2.85. The number of imidazole rings is 1. The summed E-state index contributed by atoms with van der Waals surface area (Å²) in [6.45, 7) is 4.35. The highest BCUT2D eigenvalue weighted by molar-refractivity contribution is 6.36. The number of hydrogen-bond acceptors (Lipinski definition) is 4. The van der Waals surface area contributed by atoms with Crippen LogP contribution in [0.1, 0.15) is 6.92 Å². The third-order valence-electron chi connectivity index (χ3n) is 3.40. The van der Waals surface area contributed by atoms with Gasteiger partial charge in [0.15, 0.2) is 5.15 Å². The van der Waals surface area contributed by atoms with Crippen LogP contribution in [0, 0.1) is 0 Å². The van der Waals surface area contributed by atoms with Gasteiger partial charge in [0.1, 0.15) is 10.7 Å². The van der Waals surface area contributed by atoms with Crippen LogP contribution in [0.2, 0.25) is 10.3 Å². The topological polar surface area (TPSA) is 43.2 Å². The minimum Gasteiger partial charge on any atom is -0.377 e. The van der Waals surface area contributed by atoms with E-state index in [9.17, 15) is 0 Å². The summed E-state index contributed by atoms with van der Waals surface area (Å²) in [6.07, 6.45) is 0. The van der Waals surface area contributed by atoms with Gasteiger partial charge in [0, 0.05) is 19.7 Å². The predicted molar refractivity (Wildman–Crippen MR) is 76.2 cm³/mol. The molecule has 0 saturated carbocycles. The first kappa shape index (κ1) is 13.0. The summed E-state index contributed by atoms with van der Waals surface area (Å²) >= 11 is 12.1. The normalized spacial score (nSPS) is 20.2. The number of fused-ring (bicyclic) bond motifs is 1. The Bertz CT molecular complexity index is 628. The lowest BCUT2D eigenvalue weighted by atomic mass is 10.3. The Hall–Kier alpha value is -1.04. The number of anilines is 1. The van der Waals surface area contributed by atoms with Gasteiger partial charge >= 0.3 is 0 Å². The number of pyridine rings is 1. The third kappa shape index (κ3) is 2.16. The van der Waals surface area contributed by atoms with Crippen molar-refractivity contribution in [3.8, 4) is 0 Å². The average Bonchev–Trinajstić information content (AvgIpc) is 2.68. The number of aromatic nitrogens is 3. The van der Waals surface area contributed by atoms with Crippen molar-refractivity contribution in [2.45, 2.75) is 13.0 Å². The molecule has 1 atom stereocenters. The minimum absolute atomic E-state index is 0.284. The lowest BCUT2D eigenvalue weighted by Crippen LogP contribution is -2.44. The smallest absolute Gasteiger partial charge is 0.206 e. The van der Waals surface area contributed by atoms with Crippen LogP contribution >= 0.6 is 23.2 Å². The van der Waals surface area contributed by atoms with Crippen LogP contribution in [0.4, 0.5) is 5.95 Å². The standard InChI is InChI=1S/C12H14Cl2N4O/c1-7-6-19-4-3-18(7)12-16-10-8(17(12)2)5-9(13)15-11(10)14/h5,7H,3-4,6H2,1-2H3/t7-/m0/s1. The number of nitrogens with zero attached hydrogens (tertiary/aromatic N) is 4. The number of morpholine rings is 1. The van der Waals surface area contributed by atoms with Crippen molar-refractivity contribution in [2.75, 3.05) is 24.7 Å². The van der Waals surface area contributed by atoms with Gasteiger partial charge < -0.3 is 14.2 Å². The highest BCUT2D eigenvalue weighted by Gasteiger charge is 2.24. The van der Waals surface area contributed by atoms with Crippen molar-refractivity contribution >= 4 is 40.2 Å². The zero-order valence-corrected chi connectivity index (χ0v) is 12.2. The minimum atomic E-state index is 0.284. The summed E-state index contributed by atoms with van der Waals surface area (Å²) in [6, 6.07) is 2.07. The van der Waals surface area contributed by atoms with E-state index in [-0.39, 0.29) is 6.04 Å². The Morgan fingerprint density at radius 2 is 2.16 bits per heavy atom. The highest BCUT2D eigenvalue weighted by atomic mass is 35.5. The molecule has 0 spiro atoms. The van der Waals surface area contributed by atoms with Crippen LogP contribution in [0.25, 0.3) is 11.0 Å². The second kappa shape index (κ2) is 4.81. The van der Waals surface area contributed by atoms with Crippen molar-refractivity contribution in [1.82, 2.24) is 14.5 Å². The van der Waals surface area contributed by atoms with E-state index in [0.717, 1.165) is 18.0 Å². The monoisotopic (exact) mass is 300 g/mol. The molecule has 0 amide bonds. The maximum absolute atomic E-state index is 6.11. The zero-order chi connectivity index (χ0) is 13.6. The molecule has 102 valence electrons. The molecule has 0 radical (unpaired) electrons. The molecule has 1 aliphatic rings. The number of ether oxygens (including phenoxy) is 1. The molecule has 2 aromatic heterocycles. The number of halogens is 2. The fraction of sp³-hybridized carbons (Fsp3) is 0.500. The predicted octanol–water partition coefficient (Wildman–Crippen LogP) is 2.50. The molecule has 7 heteroatoms. The van der Waals surface area contributed by atoms with Crippen LogP contribution in [-0.4, -0.2) is 40.3 Å². The lowest BCUT2D eigenvalue weighted by Gasteiger charge is -2.33. The largest absolute Gasteiger partial charge is 0.377 e. The maximum atomic E-state index is 6.11. The Kier molecular flexibility index (Phi) is 3.28. The first-order chi connectivity index (χ1) is 9.08. The second-order valence-electron chi connectivity index (χ2n) is 4.69. The van der Waals surface area contributed by atoms with E-state index < -0.39 is 0 Å². The van der Waals surface area contributed by atoms with Crippen LogP contribution < -0.4 is 4.90 Å². The molecule has 0 bridgehead atoms. The van der Waals surface area contributed by atoms with E-state index >= 15 is 0 Å². The van der Waals surface area contributed by atoms with E-state index in [1.165, 1.54) is 0 Å². The van der Waals surface area contributed by atoms with Crippen molar-refractivity contribution in [3.63, 3.8) is 0 Å². The van der Waals surface area contributed by atoms with E-state index in [1.54, 1.807) is 6.07 Å². The molecule has 0 aromatic carbocycles. The summed E-state index contributed by atoms with van der Waals surface area (Å²) in [5.41, 5.74) is 1.57. The van der Waals surface area contributed by atoms with E-state index in [0.29, 0.717) is 29.0 Å². The fourth-order valence-electron chi connectivity index (χ4n) is 2.39. The number of aryl methyl sites for hydroxylation is 1.